The number of carbonyl (C=O) groups is 1. The molecule has 1 amide bonds. The summed E-state index contributed by atoms with van der Waals surface area (Å²) in [5.74, 6) is 0.00751. The van der Waals surface area contributed by atoms with Crippen LogP contribution in [0, 0.1) is 10.5 Å². The second-order valence-electron chi connectivity index (χ2n) is 3.24. The Morgan fingerprint density at radius 1 is 1.56 bits per heavy atom. The summed E-state index contributed by atoms with van der Waals surface area (Å²) in [6.45, 7) is 1.96. The summed E-state index contributed by atoms with van der Waals surface area (Å²) < 4.78 is 1.13. The molecule has 0 saturated carbocycles. The minimum atomic E-state index is -1.24. The van der Waals surface area contributed by atoms with Gasteiger partial charge in [-0.05, 0) is 46.7 Å². The number of benzene rings is 1. The number of nitrogens with one attached hydrogen (secondary N) is 1. The van der Waals surface area contributed by atoms with Crippen LogP contribution >= 0.6 is 22.6 Å². The lowest BCUT2D eigenvalue weighted by atomic mass is 10.1. The zero-order valence-corrected chi connectivity index (χ0v) is 10.7. The molecule has 0 aliphatic carbocycles. The summed E-state index contributed by atoms with van der Waals surface area (Å²) in [6, 6.07) is 5.72. The summed E-state index contributed by atoms with van der Waals surface area (Å²) >= 11 is 2.21. The lowest BCUT2D eigenvalue weighted by Gasteiger charge is -2.06. The molecule has 0 fully saturated rings. The maximum atomic E-state index is 10.4. The number of amides is 1. The first-order valence-corrected chi connectivity index (χ1v) is 5.56. The number of aryl methyl sites for hydroxylation is 1. The smallest absolute Gasteiger partial charge is 0.410 e. The van der Waals surface area contributed by atoms with Gasteiger partial charge in [-0.15, -0.1) is 0 Å². The SMILES string of the molecule is Cc1cc(C/C(=N\O)NC(=O)O)ccc1I. The fourth-order valence-electron chi connectivity index (χ4n) is 1.24. The molecule has 0 atom stereocenters. The van der Waals surface area contributed by atoms with Crippen LogP contribution in [0.2, 0.25) is 0 Å². The van der Waals surface area contributed by atoms with E-state index in [1.165, 1.54) is 0 Å². The first kappa shape index (κ1) is 12.8. The van der Waals surface area contributed by atoms with Crippen LogP contribution in [0.1, 0.15) is 11.1 Å². The number of amidine groups is 1. The Bertz CT molecular complexity index is 432. The van der Waals surface area contributed by atoms with E-state index < -0.39 is 6.09 Å². The Labute approximate surface area is 106 Å². The number of rotatable bonds is 2. The lowest BCUT2D eigenvalue weighted by Crippen LogP contribution is -2.30. The molecule has 6 heteroatoms. The maximum absolute atomic E-state index is 10.4. The van der Waals surface area contributed by atoms with Gasteiger partial charge in [0, 0.05) is 9.99 Å². The van der Waals surface area contributed by atoms with Gasteiger partial charge >= 0.3 is 6.09 Å². The molecule has 0 radical (unpaired) electrons. The van der Waals surface area contributed by atoms with Gasteiger partial charge in [-0.25, -0.2) is 4.79 Å². The molecule has 0 unspecified atom stereocenters. The molecule has 1 aromatic rings. The van der Waals surface area contributed by atoms with Crippen LogP contribution in [0.3, 0.4) is 0 Å². The first-order chi connectivity index (χ1) is 7.52. The monoisotopic (exact) mass is 334 g/mol. The molecule has 3 N–H and O–H groups in total. The third-order valence-corrected chi connectivity index (χ3v) is 3.18. The molecule has 1 aromatic carbocycles. The van der Waals surface area contributed by atoms with Gasteiger partial charge < -0.3 is 10.3 Å². The Hall–Kier alpha value is -1.31. The van der Waals surface area contributed by atoms with Gasteiger partial charge in [0.25, 0.3) is 0 Å². The summed E-state index contributed by atoms with van der Waals surface area (Å²) in [4.78, 5) is 10.4. The van der Waals surface area contributed by atoms with E-state index in [1.807, 2.05) is 30.4 Å². The predicted molar refractivity (Wildman–Crippen MR) is 68.0 cm³/mol. The van der Waals surface area contributed by atoms with Gasteiger partial charge in [0.05, 0.1) is 0 Å². The van der Waals surface area contributed by atoms with Crippen LogP contribution < -0.4 is 5.32 Å². The largest absolute Gasteiger partial charge is 0.465 e. The average molecular weight is 334 g/mol. The van der Waals surface area contributed by atoms with E-state index in [4.69, 9.17) is 10.3 Å². The van der Waals surface area contributed by atoms with Gasteiger partial charge in [0.15, 0.2) is 5.84 Å². The van der Waals surface area contributed by atoms with Gasteiger partial charge in [-0.2, -0.15) is 0 Å². The Balaban J connectivity index is 2.79. The Morgan fingerprint density at radius 2 is 2.25 bits per heavy atom. The van der Waals surface area contributed by atoms with Crippen molar-refractivity contribution in [1.82, 2.24) is 5.32 Å². The molecule has 0 saturated heterocycles. The fourth-order valence-corrected chi connectivity index (χ4v) is 1.57. The summed E-state index contributed by atoms with van der Waals surface area (Å²) in [7, 11) is 0. The number of halogens is 1. The van der Waals surface area contributed by atoms with Crippen molar-refractivity contribution < 1.29 is 15.1 Å². The van der Waals surface area contributed by atoms with Crippen LogP contribution in [0.15, 0.2) is 23.4 Å². The second-order valence-corrected chi connectivity index (χ2v) is 4.40. The number of hydrogen-bond acceptors (Lipinski definition) is 3. The molecule has 0 aliphatic rings. The van der Waals surface area contributed by atoms with Gasteiger partial charge in [0.2, 0.25) is 0 Å². The Kier molecular flexibility index (Phi) is 4.53. The van der Waals surface area contributed by atoms with Crippen LogP contribution in [0.4, 0.5) is 4.79 Å². The Morgan fingerprint density at radius 3 is 2.75 bits per heavy atom. The maximum Gasteiger partial charge on any atom is 0.410 e. The van der Waals surface area contributed by atoms with E-state index in [2.05, 4.69) is 27.7 Å². The third-order valence-electron chi connectivity index (χ3n) is 1.97. The van der Waals surface area contributed by atoms with Crippen molar-refractivity contribution in [2.45, 2.75) is 13.3 Å². The van der Waals surface area contributed by atoms with Crippen LogP contribution in [0.5, 0.6) is 0 Å². The molecule has 86 valence electrons. The number of oxime groups is 1. The minimum Gasteiger partial charge on any atom is -0.465 e. The minimum absolute atomic E-state index is 0.00751. The van der Waals surface area contributed by atoms with E-state index in [0.29, 0.717) is 0 Å². The second kappa shape index (κ2) is 5.69. The summed E-state index contributed by atoms with van der Waals surface area (Å²) in [5, 5.41) is 22.0. The zero-order chi connectivity index (χ0) is 12.1. The summed E-state index contributed by atoms with van der Waals surface area (Å²) in [6.07, 6.45) is -0.990. The van der Waals surface area contributed by atoms with Crippen molar-refractivity contribution in [3.63, 3.8) is 0 Å². The topological polar surface area (TPSA) is 81.9 Å². The highest BCUT2D eigenvalue weighted by Crippen LogP contribution is 2.13. The number of hydrogen-bond donors (Lipinski definition) is 3. The summed E-state index contributed by atoms with van der Waals surface area (Å²) in [5.41, 5.74) is 1.99. The first-order valence-electron chi connectivity index (χ1n) is 4.49. The molecule has 1 rings (SSSR count). The average Bonchev–Trinajstić information content (AvgIpc) is 2.22. The van der Waals surface area contributed by atoms with Crippen molar-refractivity contribution in [2.24, 2.45) is 5.16 Å². The van der Waals surface area contributed by atoms with Gasteiger partial charge in [-0.3, -0.25) is 5.32 Å². The van der Waals surface area contributed by atoms with Crippen molar-refractivity contribution in [3.8, 4) is 0 Å². The molecule has 0 aromatic heterocycles. The standard InChI is InChI=1S/C10H11IN2O3/c1-6-4-7(2-3-8(6)11)5-9(13-16)12-10(14)15/h2-4,16H,5H2,1H3,(H,12,13)(H,14,15). The molecule has 16 heavy (non-hydrogen) atoms. The van der Waals surface area contributed by atoms with Crippen LogP contribution in [0.25, 0.3) is 0 Å². The predicted octanol–water partition coefficient (Wildman–Crippen LogP) is 2.20. The van der Waals surface area contributed by atoms with Crippen molar-refractivity contribution >= 4 is 34.5 Å². The molecular weight excluding hydrogens is 323 g/mol. The number of nitrogens with zero attached hydrogens (tertiary/aromatic N) is 1. The number of carboxylic acid groups (broad SMARTS) is 1. The molecule has 0 bridgehead atoms. The van der Waals surface area contributed by atoms with E-state index >= 15 is 0 Å². The van der Waals surface area contributed by atoms with Gasteiger partial charge in [-0.1, -0.05) is 17.3 Å². The molecular formula is C10H11IN2O3. The highest BCUT2D eigenvalue weighted by molar-refractivity contribution is 14.1. The fraction of sp³-hybridized carbons (Fsp3) is 0.200. The third kappa shape index (κ3) is 3.69. The molecule has 0 aliphatic heterocycles. The highest BCUT2D eigenvalue weighted by Gasteiger charge is 2.06. The van der Waals surface area contributed by atoms with E-state index in [1.54, 1.807) is 0 Å². The molecule has 0 heterocycles. The van der Waals surface area contributed by atoms with E-state index in [9.17, 15) is 4.79 Å². The highest BCUT2D eigenvalue weighted by atomic mass is 127. The quantitative estimate of drug-likeness (QED) is 0.255. The van der Waals surface area contributed by atoms with E-state index in [0.717, 1.165) is 14.7 Å². The van der Waals surface area contributed by atoms with Crippen molar-refractivity contribution in [1.29, 1.82) is 0 Å². The zero-order valence-electron chi connectivity index (χ0n) is 8.57. The van der Waals surface area contributed by atoms with Crippen molar-refractivity contribution in [3.05, 3.63) is 32.9 Å². The van der Waals surface area contributed by atoms with Gasteiger partial charge in [0.1, 0.15) is 0 Å². The van der Waals surface area contributed by atoms with Crippen LogP contribution in [-0.4, -0.2) is 22.2 Å². The van der Waals surface area contributed by atoms with E-state index in [-0.39, 0.29) is 12.3 Å². The molecule has 0 spiro atoms. The lowest BCUT2D eigenvalue weighted by molar-refractivity contribution is 0.199. The molecule has 5 nitrogen and oxygen atoms in total. The van der Waals surface area contributed by atoms with Crippen LogP contribution in [-0.2, 0) is 6.42 Å². The van der Waals surface area contributed by atoms with Crippen molar-refractivity contribution in [2.75, 3.05) is 0 Å². The normalized spacial score (nSPS) is 11.2.